The Morgan fingerprint density at radius 1 is 1.00 bits per heavy atom. The molecule has 0 aromatic carbocycles. The Morgan fingerprint density at radius 2 is 1.69 bits per heavy atom. The molecule has 9 nitrogen and oxygen atoms in total. The van der Waals surface area contributed by atoms with E-state index in [1.807, 2.05) is 15.6 Å². The SMILES string of the molecule is O=C(CN1CCN(C(=O)CN2CCOCC2)CC1)Nc1ccnn1C1CCCC1. The van der Waals surface area contributed by atoms with Gasteiger partial charge in [-0.2, -0.15) is 5.10 Å². The summed E-state index contributed by atoms with van der Waals surface area (Å²) >= 11 is 0. The Hall–Kier alpha value is -1.97. The molecular formula is C20H32N6O3. The molecule has 0 atom stereocenters. The molecule has 3 aliphatic rings. The number of hydrogen-bond donors (Lipinski definition) is 1. The molecule has 0 unspecified atom stereocenters. The number of anilines is 1. The zero-order valence-corrected chi connectivity index (χ0v) is 17.1. The molecule has 0 radical (unpaired) electrons. The highest BCUT2D eigenvalue weighted by Gasteiger charge is 2.25. The zero-order valence-electron chi connectivity index (χ0n) is 17.1. The molecule has 2 aliphatic heterocycles. The molecule has 1 saturated carbocycles. The molecule has 0 spiro atoms. The minimum Gasteiger partial charge on any atom is -0.379 e. The maximum absolute atomic E-state index is 12.5. The van der Waals surface area contributed by atoms with Crippen LogP contribution in [0.25, 0.3) is 0 Å². The van der Waals surface area contributed by atoms with Gasteiger partial charge < -0.3 is 15.0 Å². The van der Waals surface area contributed by atoms with Crippen molar-refractivity contribution in [2.45, 2.75) is 31.7 Å². The van der Waals surface area contributed by atoms with E-state index in [4.69, 9.17) is 4.74 Å². The van der Waals surface area contributed by atoms with Crippen LogP contribution in [0.15, 0.2) is 12.3 Å². The molecule has 1 aromatic rings. The average molecular weight is 405 g/mol. The first-order valence-electron chi connectivity index (χ1n) is 10.8. The quantitative estimate of drug-likeness (QED) is 0.740. The summed E-state index contributed by atoms with van der Waals surface area (Å²) in [6.07, 6.45) is 6.47. The second-order valence-corrected chi connectivity index (χ2v) is 8.19. The van der Waals surface area contributed by atoms with E-state index in [1.165, 1.54) is 12.8 Å². The largest absolute Gasteiger partial charge is 0.379 e. The van der Waals surface area contributed by atoms with Gasteiger partial charge in [-0.1, -0.05) is 12.8 Å². The minimum absolute atomic E-state index is 0.0159. The summed E-state index contributed by atoms with van der Waals surface area (Å²) in [6, 6.07) is 2.28. The van der Waals surface area contributed by atoms with Gasteiger partial charge in [-0.15, -0.1) is 0 Å². The fourth-order valence-electron chi connectivity index (χ4n) is 4.44. The van der Waals surface area contributed by atoms with E-state index in [0.717, 1.165) is 44.8 Å². The smallest absolute Gasteiger partial charge is 0.239 e. The second-order valence-electron chi connectivity index (χ2n) is 8.19. The summed E-state index contributed by atoms with van der Waals surface area (Å²) in [6.45, 7) is 6.68. The van der Waals surface area contributed by atoms with E-state index in [9.17, 15) is 9.59 Å². The maximum atomic E-state index is 12.5. The lowest BCUT2D eigenvalue weighted by molar-refractivity contribution is -0.135. The van der Waals surface area contributed by atoms with Gasteiger partial charge in [-0.25, -0.2) is 4.68 Å². The number of rotatable bonds is 6. The van der Waals surface area contributed by atoms with Gasteiger partial charge in [-0.05, 0) is 12.8 Å². The third kappa shape index (κ3) is 5.34. The first-order valence-corrected chi connectivity index (χ1v) is 10.8. The number of carbonyl (C=O) groups excluding carboxylic acids is 2. The van der Waals surface area contributed by atoms with Gasteiger partial charge in [0.1, 0.15) is 5.82 Å². The topological polar surface area (TPSA) is 82.9 Å². The molecule has 9 heteroatoms. The second kappa shape index (κ2) is 9.69. The number of nitrogens with one attached hydrogen (secondary N) is 1. The monoisotopic (exact) mass is 404 g/mol. The van der Waals surface area contributed by atoms with Gasteiger partial charge in [0, 0.05) is 45.3 Å². The first-order chi connectivity index (χ1) is 14.2. The molecular weight excluding hydrogens is 372 g/mol. The van der Waals surface area contributed by atoms with E-state index >= 15 is 0 Å². The summed E-state index contributed by atoms with van der Waals surface area (Å²) in [7, 11) is 0. The lowest BCUT2D eigenvalue weighted by Gasteiger charge is -2.36. The average Bonchev–Trinajstić information content (AvgIpc) is 3.41. The Labute approximate surface area is 171 Å². The van der Waals surface area contributed by atoms with Gasteiger partial charge in [0.2, 0.25) is 11.8 Å². The fraction of sp³-hybridized carbons (Fsp3) is 0.750. The molecule has 1 aliphatic carbocycles. The summed E-state index contributed by atoms with van der Waals surface area (Å²) in [4.78, 5) is 31.2. The molecule has 3 heterocycles. The van der Waals surface area contributed by atoms with E-state index in [1.54, 1.807) is 6.20 Å². The fourth-order valence-corrected chi connectivity index (χ4v) is 4.44. The lowest BCUT2D eigenvalue weighted by atomic mass is 10.2. The van der Waals surface area contributed by atoms with Crippen molar-refractivity contribution in [3.8, 4) is 0 Å². The van der Waals surface area contributed by atoms with Crippen molar-refractivity contribution in [3.63, 3.8) is 0 Å². The van der Waals surface area contributed by atoms with Crippen LogP contribution in [0.1, 0.15) is 31.7 Å². The number of amides is 2. The maximum Gasteiger partial charge on any atom is 0.239 e. The van der Waals surface area contributed by atoms with Gasteiger partial charge in [-0.3, -0.25) is 19.4 Å². The van der Waals surface area contributed by atoms with Crippen LogP contribution in [-0.2, 0) is 14.3 Å². The molecule has 29 heavy (non-hydrogen) atoms. The van der Waals surface area contributed by atoms with Crippen molar-refractivity contribution in [1.29, 1.82) is 0 Å². The first kappa shape index (κ1) is 20.3. The Kier molecular flexibility index (Phi) is 6.78. The summed E-state index contributed by atoms with van der Waals surface area (Å²) < 4.78 is 7.30. The number of piperazine rings is 1. The summed E-state index contributed by atoms with van der Waals surface area (Å²) in [5, 5.41) is 7.43. The van der Waals surface area contributed by atoms with Gasteiger partial charge in [0.15, 0.2) is 0 Å². The number of nitrogens with zero attached hydrogens (tertiary/aromatic N) is 5. The predicted molar refractivity (Wildman–Crippen MR) is 109 cm³/mol. The van der Waals surface area contributed by atoms with E-state index < -0.39 is 0 Å². The van der Waals surface area contributed by atoms with Crippen molar-refractivity contribution < 1.29 is 14.3 Å². The Bertz CT molecular complexity index is 688. The molecule has 160 valence electrons. The van der Waals surface area contributed by atoms with Crippen LogP contribution < -0.4 is 5.32 Å². The lowest BCUT2D eigenvalue weighted by Crippen LogP contribution is -2.53. The predicted octanol–water partition coefficient (Wildman–Crippen LogP) is 0.413. The summed E-state index contributed by atoms with van der Waals surface area (Å²) in [5.41, 5.74) is 0. The van der Waals surface area contributed by atoms with Crippen LogP contribution in [0, 0.1) is 0 Å². The number of hydrogen-bond acceptors (Lipinski definition) is 6. The molecule has 4 rings (SSSR count). The van der Waals surface area contributed by atoms with Crippen molar-refractivity contribution in [2.75, 3.05) is 70.9 Å². The van der Waals surface area contributed by atoms with Crippen LogP contribution in [0.2, 0.25) is 0 Å². The number of carbonyl (C=O) groups is 2. The highest BCUT2D eigenvalue weighted by Crippen LogP contribution is 2.31. The molecule has 2 amide bonds. The molecule has 0 bridgehead atoms. The van der Waals surface area contributed by atoms with Gasteiger partial charge in [0.25, 0.3) is 0 Å². The minimum atomic E-state index is -0.0159. The standard InChI is InChI=1S/C20H32N6O3/c27-19(22-18-5-6-21-26(18)17-3-1-2-4-17)15-23-7-9-25(10-8-23)20(28)16-24-11-13-29-14-12-24/h5-6,17H,1-4,7-16H2,(H,22,27). The molecule has 1 N–H and O–H groups in total. The molecule has 1 aromatic heterocycles. The third-order valence-corrected chi connectivity index (χ3v) is 6.16. The summed E-state index contributed by atoms with van der Waals surface area (Å²) in [5.74, 6) is 0.954. The highest BCUT2D eigenvalue weighted by molar-refractivity contribution is 5.91. The zero-order chi connectivity index (χ0) is 20.1. The van der Waals surface area contributed by atoms with Gasteiger partial charge >= 0.3 is 0 Å². The number of aromatic nitrogens is 2. The van der Waals surface area contributed by atoms with E-state index in [0.29, 0.717) is 45.4 Å². The van der Waals surface area contributed by atoms with Crippen molar-refractivity contribution in [1.82, 2.24) is 24.5 Å². The van der Waals surface area contributed by atoms with Crippen molar-refractivity contribution in [3.05, 3.63) is 12.3 Å². The van der Waals surface area contributed by atoms with E-state index in [-0.39, 0.29) is 11.8 Å². The van der Waals surface area contributed by atoms with Crippen molar-refractivity contribution in [2.24, 2.45) is 0 Å². The number of morpholine rings is 1. The van der Waals surface area contributed by atoms with E-state index in [2.05, 4.69) is 20.2 Å². The van der Waals surface area contributed by atoms with Crippen LogP contribution in [0.5, 0.6) is 0 Å². The van der Waals surface area contributed by atoms with Crippen LogP contribution in [-0.4, -0.2) is 102 Å². The highest BCUT2D eigenvalue weighted by atomic mass is 16.5. The van der Waals surface area contributed by atoms with Crippen LogP contribution in [0.3, 0.4) is 0 Å². The third-order valence-electron chi connectivity index (χ3n) is 6.16. The Morgan fingerprint density at radius 3 is 2.41 bits per heavy atom. The Balaban J connectivity index is 1.20. The van der Waals surface area contributed by atoms with Gasteiger partial charge in [0.05, 0.1) is 38.5 Å². The molecule has 3 fully saturated rings. The molecule has 2 saturated heterocycles. The number of ether oxygens (including phenoxy) is 1. The normalized spacial score (nSPS) is 22.1. The van der Waals surface area contributed by atoms with Crippen LogP contribution >= 0.6 is 0 Å². The van der Waals surface area contributed by atoms with Crippen molar-refractivity contribution >= 4 is 17.6 Å². The van der Waals surface area contributed by atoms with Crippen LogP contribution in [0.4, 0.5) is 5.82 Å².